The van der Waals surface area contributed by atoms with Crippen LogP contribution in [-0.2, 0) is 11.2 Å². The van der Waals surface area contributed by atoms with Crippen molar-refractivity contribution >= 4 is 33.6 Å². The van der Waals surface area contributed by atoms with Gasteiger partial charge in [0.2, 0.25) is 5.91 Å². The molecule has 2 bridgehead atoms. The van der Waals surface area contributed by atoms with Crippen LogP contribution in [0.5, 0.6) is 5.75 Å². The Bertz CT molecular complexity index is 617. The van der Waals surface area contributed by atoms with E-state index in [1.807, 2.05) is 11.8 Å². The first-order chi connectivity index (χ1) is 12.0. The van der Waals surface area contributed by atoms with E-state index in [1.54, 1.807) is 12.1 Å². The molecule has 3 rings (SSSR count). The summed E-state index contributed by atoms with van der Waals surface area (Å²) in [5, 5.41) is 0.651. The van der Waals surface area contributed by atoms with E-state index < -0.39 is 6.61 Å². The van der Waals surface area contributed by atoms with Crippen molar-refractivity contribution in [1.29, 1.82) is 0 Å². The molecule has 1 amide bonds. The summed E-state index contributed by atoms with van der Waals surface area (Å²) >= 11 is 5.24. The average Bonchev–Trinajstić information content (AvgIpc) is 2.84. The van der Waals surface area contributed by atoms with Gasteiger partial charge in [0.1, 0.15) is 5.75 Å². The SMILES string of the molecule is CSC1CC2CCC(C1)N2C(=O)CCc1cc(Br)ccc1OC(F)F. The van der Waals surface area contributed by atoms with Gasteiger partial charge in [0.25, 0.3) is 0 Å². The fourth-order valence-corrected chi connectivity index (χ4v) is 5.29. The number of thioether (sulfide) groups is 1. The van der Waals surface area contributed by atoms with Gasteiger partial charge >= 0.3 is 6.61 Å². The number of amides is 1. The predicted octanol–water partition coefficient (Wildman–Crippen LogP) is 4.87. The molecule has 2 aliphatic rings. The van der Waals surface area contributed by atoms with Crippen molar-refractivity contribution in [1.82, 2.24) is 4.90 Å². The number of hydrogen-bond acceptors (Lipinski definition) is 3. The Balaban J connectivity index is 1.64. The number of hydrogen-bond donors (Lipinski definition) is 0. The van der Waals surface area contributed by atoms with Crippen LogP contribution in [0.4, 0.5) is 8.78 Å². The minimum Gasteiger partial charge on any atom is -0.435 e. The maximum atomic E-state index is 12.8. The molecule has 0 spiro atoms. The molecule has 138 valence electrons. The summed E-state index contributed by atoms with van der Waals surface area (Å²) in [5.74, 6) is 0.282. The number of halogens is 3. The predicted molar refractivity (Wildman–Crippen MR) is 99.3 cm³/mol. The molecule has 2 atom stereocenters. The minimum absolute atomic E-state index is 0.134. The zero-order valence-electron chi connectivity index (χ0n) is 14.1. The third-order valence-electron chi connectivity index (χ3n) is 5.16. The molecule has 0 N–H and O–H groups in total. The highest BCUT2D eigenvalue weighted by Crippen LogP contribution is 2.40. The van der Waals surface area contributed by atoms with Crippen molar-refractivity contribution in [3.8, 4) is 5.75 Å². The molecule has 3 nitrogen and oxygen atoms in total. The van der Waals surface area contributed by atoms with Gasteiger partial charge in [0, 0.05) is 28.2 Å². The van der Waals surface area contributed by atoms with Crippen molar-refractivity contribution < 1.29 is 18.3 Å². The summed E-state index contributed by atoms with van der Waals surface area (Å²) in [6, 6.07) is 5.63. The molecule has 0 radical (unpaired) electrons. The fourth-order valence-electron chi connectivity index (χ4n) is 4.05. The number of carbonyl (C=O) groups excluding carboxylic acids is 1. The first-order valence-corrected chi connectivity index (χ1v) is 10.6. The van der Waals surface area contributed by atoms with Crippen LogP contribution < -0.4 is 4.74 Å². The number of carbonyl (C=O) groups is 1. The lowest BCUT2D eigenvalue weighted by molar-refractivity contribution is -0.135. The number of rotatable bonds is 6. The molecule has 2 heterocycles. The van der Waals surface area contributed by atoms with Crippen molar-refractivity contribution in [2.45, 2.75) is 62.5 Å². The summed E-state index contributed by atoms with van der Waals surface area (Å²) in [7, 11) is 0. The highest BCUT2D eigenvalue weighted by atomic mass is 79.9. The quantitative estimate of drug-likeness (QED) is 0.640. The Morgan fingerprint density at radius 1 is 1.36 bits per heavy atom. The van der Waals surface area contributed by atoms with Crippen LogP contribution in [0.1, 0.15) is 37.7 Å². The molecule has 1 aromatic carbocycles. The number of aryl methyl sites for hydroxylation is 1. The van der Waals surface area contributed by atoms with Gasteiger partial charge in [0.05, 0.1) is 0 Å². The first-order valence-electron chi connectivity index (χ1n) is 8.55. The van der Waals surface area contributed by atoms with Gasteiger partial charge in [0.15, 0.2) is 0 Å². The molecular formula is C18H22BrF2NO2S. The van der Waals surface area contributed by atoms with Gasteiger partial charge in [-0.05, 0) is 62.1 Å². The molecule has 0 saturated carbocycles. The van der Waals surface area contributed by atoms with E-state index in [-0.39, 0.29) is 11.7 Å². The Labute approximate surface area is 159 Å². The normalized spacial score (nSPS) is 25.5. The third kappa shape index (κ3) is 4.48. The molecule has 2 unspecified atom stereocenters. The summed E-state index contributed by atoms with van der Waals surface area (Å²) in [5.41, 5.74) is 0.634. The van der Waals surface area contributed by atoms with Crippen LogP contribution in [0.2, 0.25) is 0 Å². The smallest absolute Gasteiger partial charge is 0.387 e. The van der Waals surface area contributed by atoms with Crippen molar-refractivity contribution in [3.63, 3.8) is 0 Å². The first kappa shape index (κ1) is 19.0. The van der Waals surface area contributed by atoms with Crippen molar-refractivity contribution in [2.24, 2.45) is 0 Å². The fraction of sp³-hybridized carbons (Fsp3) is 0.611. The lowest BCUT2D eigenvalue weighted by Crippen LogP contribution is -2.47. The maximum absolute atomic E-state index is 12.8. The van der Waals surface area contributed by atoms with Gasteiger partial charge < -0.3 is 9.64 Å². The van der Waals surface area contributed by atoms with Crippen LogP contribution in [0.25, 0.3) is 0 Å². The van der Waals surface area contributed by atoms with Crippen molar-refractivity contribution in [3.05, 3.63) is 28.2 Å². The van der Waals surface area contributed by atoms with Crippen LogP contribution in [-0.4, -0.2) is 41.0 Å². The number of benzene rings is 1. The zero-order valence-corrected chi connectivity index (χ0v) is 16.5. The standard InChI is InChI=1S/C18H22BrF2NO2S/c1-25-15-9-13-4-5-14(10-15)22(13)17(23)7-2-11-8-12(19)3-6-16(11)24-18(20)21/h3,6,8,13-15,18H,2,4-5,7,9-10H2,1H3. The Morgan fingerprint density at radius 3 is 2.64 bits per heavy atom. The van der Waals surface area contributed by atoms with Crippen LogP contribution >= 0.6 is 27.7 Å². The van der Waals surface area contributed by atoms with Gasteiger partial charge in [-0.3, -0.25) is 4.79 Å². The van der Waals surface area contributed by atoms with Gasteiger partial charge in [-0.25, -0.2) is 0 Å². The average molecular weight is 434 g/mol. The van der Waals surface area contributed by atoms with Gasteiger partial charge in [-0.1, -0.05) is 15.9 Å². The van der Waals surface area contributed by atoms with E-state index in [0.717, 1.165) is 30.2 Å². The second kappa shape index (κ2) is 8.25. The number of ether oxygens (including phenoxy) is 1. The van der Waals surface area contributed by atoms with Crippen LogP contribution in [0.15, 0.2) is 22.7 Å². The molecule has 0 aromatic heterocycles. The van der Waals surface area contributed by atoms with Crippen LogP contribution in [0.3, 0.4) is 0 Å². The summed E-state index contributed by atoms with van der Waals surface area (Å²) in [4.78, 5) is 14.8. The third-order valence-corrected chi connectivity index (χ3v) is 6.70. The molecule has 0 aliphatic carbocycles. The Morgan fingerprint density at radius 2 is 2.04 bits per heavy atom. The van der Waals surface area contributed by atoms with E-state index in [1.165, 1.54) is 6.07 Å². The number of fused-ring (bicyclic) bond motifs is 2. The van der Waals surface area contributed by atoms with E-state index in [4.69, 9.17) is 0 Å². The molecule has 2 saturated heterocycles. The largest absolute Gasteiger partial charge is 0.435 e. The van der Waals surface area contributed by atoms with Gasteiger partial charge in [-0.15, -0.1) is 0 Å². The number of alkyl halides is 2. The molecule has 2 aliphatic heterocycles. The summed E-state index contributed by atoms with van der Waals surface area (Å²) < 4.78 is 30.5. The second-order valence-electron chi connectivity index (χ2n) is 6.65. The molecule has 1 aromatic rings. The van der Waals surface area contributed by atoms with E-state index in [9.17, 15) is 13.6 Å². The lowest BCUT2D eigenvalue weighted by Gasteiger charge is -2.38. The monoisotopic (exact) mass is 433 g/mol. The minimum atomic E-state index is -2.86. The highest BCUT2D eigenvalue weighted by molar-refractivity contribution is 9.10. The zero-order chi connectivity index (χ0) is 18.0. The van der Waals surface area contributed by atoms with E-state index in [2.05, 4.69) is 31.8 Å². The second-order valence-corrected chi connectivity index (χ2v) is 8.70. The molecule has 2 fully saturated rings. The van der Waals surface area contributed by atoms with E-state index >= 15 is 0 Å². The molecular weight excluding hydrogens is 412 g/mol. The summed E-state index contributed by atoms with van der Waals surface area (Å²) in [6.45, 7) is -2.86. The van der Waals surface area contributed by atoms with Crippen LogP contribution in [0, 0.1) is 0 Å². The Kier molecular flexibility index (Phi) is 6.25. The number of nitrogens with zero attached hydrogens (tertiary/aromatic N) is 1. The maximum Gasteiger partial charge on any atom is 0.387 e. The van der Waals surface area contributed by atoms with E-state index in [0.29, 0.717) is 35.7 Å². The Hall–Kier alpha value is -0.820. The molecule has 7 heteroatoms. The van der Waals surface area contributed by atoms with Gasteiger partial charge in [-0.2, -0.15) is 20.5 Å². The summed E-state index contributed by atoms with van der Waals surface area (Å²) in [6.07, 6.45) is 7.18. The molecule has 25 heavy (non-hydrogen) atoms. The topological polar surface area (TPSA) is 29.5 Å². The van der Waals surface area contributed by atoms with Crippen molar-refractivity contribution in [2.75, 3.05) is 6.26 Å². The lowest BCUT2D eigenvalue weighted by atomic mass is 10.0. The number of piperidine rings is 1. The highest BCUT2D eigenvalue weighted by Gasteiger charge is 2.42.